The lowest BCUT2D eigenvalue weighted by Crippen LogP contribution is -2.24. The van der Waals surface area contributed by atoms with Crippen LogP contribution in [0, 0.1) is 0 Å². The molecule has 2 aromatic rings. The first-order valence-corrected chi connectivity index (χ1v) is 7.50. The third-order valence-electron chi connectivity index (χ3n) is 3.58. The van der Waals surface area contributed by atoms with Crippen LogP contribution in [0.3, 0.4) is 0 Å². The van der Waals surface area contributed by atoms with Crippen molar-refractivity contribution in [3.63, 3.8) is 0 Å². The lowest BCUT2D eigenvalue weighted by atomic mass is 10.1. The largest absolute Gasteiger partial charge is 0.493 e. The predicted molar refractivity (Wildman–Crippen MR) is 84.0 cm³/mol. The Morgan fingerprint density at radius 1 is 1.18 bits per heavy atom. The molecule has 1 heterocycles. The van der Waals surface area contributed by atoms with Crippen molar-refractivity contribution in [3.05, 3.63) is 59.7 Å². The summed E-state index contributed by atoms with van der Waals surface area (Å²) in [5.74, 6) is 1.74. The van der Waals surface area contributed by atoms with E-state index >= 15 is 0 Å². The van der Waals surface area contributed by atoms with Gasteiger partial charge < -0.3 is 14.8 Å². The van der Waals surface area contributed by atoms with Gasteiger partial charge in [-0.15, -0.1) is 0 Å². The Labute approximate surface area is 130 Å². The maximum Gasteiger partial charge on any atom is 0.223 e. The number of amides is 1. The zero-order valence-corrected chi connectivity index (χ0v) is 12.4. The van der Waals surface area contributed by atoms with Crippen molar-refractivity contribution in [2.45, 2.75) is 19.4 Å². The minimum atomic E-state index is -0.00678. The average Bonchev–Trinajstić information content (AvgIpc) is 3.01. The van der Waals surface area contributed by atoms with Crippen molar-refractivity contribution in [1.29, 1.82) is 0 Å². The summed E-state index contributed by atoms with van der Waals surface area (Å²) in [6.07, 6.45) is 1.30. The molecular formula is C18H19NO3. The average molecular weight is 297 g/mol. The Morgan fingerprint density at radius 3 is 2.91 bits per heavy atom. The molecule has 0 atom stereocenters. The standard InChI is InChI=1S/C18H19NO3/c20-18(9-11-21-16-4-2-1-3-5-16)19-13-14-6-7-17-15(12-14)8-10-22-17/h1-7,12H,8-11,13H2,(H,19,20). The van der Waals surface area contributed by atoms with Gasteiger partial charge in [0.15, 0.2) is 0 Å². The molecule has 4 nitrogen and oxygen atoms in total. The van der Waals surface area contributed by atoms with Crippen LogP contribution >= 0.6 is 0 Å². The van der Waals surface area contributed by atoms with Crippen LogP contribution in [0.1, 0.15) is 17.5 Å². The molecule has 114 valence electrons. The van der Waals surface area contributed by atoms with Crippen LogP contribution in [0.2, 0.25) is 0 Å². The van der Waals surface area contributed by atoms with Crippen LogP contribution in [0.4, 0.5) is 0 Å². The zero-order valence-electron chi connectivity index (χ0n) is 12.4. The molecule has 0 fully saturated rings. The Kier molecular flexibility index (Phi) is 4.59. The van der Waals surface area contributed by atoms with Crippen molar-refractivity contribution in [1.82, 2.24) is 5.32 Å². The molecule has 0 saturated heterocycles. The summed E-state index contributed by atoms with van der Waals surface area (Å²) in [5, 5.41) is 2.92. The Hall–Kier alpha value is -2.49. The molecule has 1 aliphatic heterocycles. The highest BCUT2D eigenvalue weighted by atomic mass is 16.5. The van der Waals surface area contributed by atoms with Crippen molar-refractivity contribution >= 4 is 5.91 Å². The molecule has 1 aliphatic rings. The molecule has 0 bridgehead atoms. The van der Waals surface area contributed by atoms with Gasteiger partial charge in [0.2, 0.25) is 5.91 Å². The lowest BCUT2D eigenvalue weighted by Gasteiger charge is -2.08. The summed E-state index contributed by atoms with van der Waals surface area (Å²) in [7, 11) is 0. The van der Waals surface area contributed by atoms with E-state index < -0.39 is 0 Å². The Morgan fingerprint density at radius 2 is 2.05 bits per heavy atom. The van der Waals surface area contributed by atoms with Crippen LogP contribution < -0.4 is 14.8 Å². The first kappa shape index (κ1) is 14.4. The summed E-state index contributed by atoms with van der Waals surface area (Å²) in [6, 6.07) is 15.6. The Balaban J connectivity index is 1.41. The van der Waals surface area contributed by atoms with E-state index in [0.717, 1.165) is 30.1 Å². The first-order valence-electron chi connectivity index (χ1n) is 7.50. The molecule has 2 aromatic carbocycles. The van der Waals surface area contributed by atoms with Crippen molar-refractivity contribution < 1.29 is 14.3 Å². The quantitative estimate of drug-likeness (QED) is 0.892. The molecule has 0 saturated carbocycles. The number of rotatable bonds is 6. The van der Waals surface area contributed by atoms with Gasteiger partial charge in [0, 0.05) is 13.0 Å². The van der Waals surface area contributed by atoms with E-state index in [1.807, 2.05) is 42.5 Å². The van der Waals surface area contributed by atoms with E-state index in [1.54, 1.807) is 0 Å². The van der Waals surface area contributed by atoms with E-state index in [-0.39, 0.29) is 5.91 Å². The zero-order chi connectivity index (χ0) is 15.2. The van der Waals surface area contributed by atoms with Crippen molar-refractivity contribution in [3.8, 4) is 11.5 Å². The number of hydrogen-bond donors (Lipinski definition) is 1. The SMILES string of the molecule is O=C(CCOc1ccccc1)NCc1ccc2c(c1)CCO2. The van der Waals surface area contributed by atoms with Gasteiger partial charge in [-0.05, 0) is 29.3 Å². The number of benzene rings is 2. The fourth-order valence-corrected chi connectivity index (χ4v) is 2.42. The maximum absolute atomic E-state index is 11.8. The topological polar surface area (TPSA) is 47.6 Å². The number of carbonyl (C=O) groups excluding carboxylic acids is 1. The highest BCUT2D eigenvalue weighted by molar-refractivity contribution is 5.76. The van der Waals surface area contributed by atoms with Gasteiger partial charge in [-0.3, -0.25) is 4.79 Å². The molecule has 0 spiro atoms. The molecule has 0 aromatic heterocycles. The summed E-state index contributed by atoms with van der Waals surface area (Å²) in [5.41, 5.74) is 2.32. The van der Waals surface area contributed by atoms with Crippen molar-refractivity contribution in [2.75, 3.05) is 13.2 Å². The minimum absolute atomic E-state index is 0.00678. The second-order valence-electron chi connectivity index (χ2n) is 5.23. The maximum atomic E-state index is 11.8. The number of nitrogens with one attached hydrogen (secondary N) is 1. The van der Waals surface area contributed by atoms with E-state index in [0.29, 0.717) is 19.6 Å². The molecule has 0 unspecified atom stereocenters. The van der Waals surface area contributed by atoms with Gasteiger partial charge in [-0.25, -0.2) is 0 Å². The number of hydrogen-bond acceptors (Lipinski definition) is 3. The number of fused-ring (bicyclic) bond motifs is 1. The van der Waals surface area contributed by atoms with Crippen LogP contribution in [0.5, 0.6) is 11.5 Å². The molecule has 0 radical (unpaired) electrons. The van der Waals surface area contributed by atoms with Gasteiger partial charge >= 0.3 is 0 Å². The molecule has 22 heavy (non-hydrogen) atoms. The normalized spacial score (nSPS) is 12.4. The highest BCUT2D eigenvalue weighted by Gasteiger charge is 2.12. The van der Waals surface area contributed by atoms with Crippen LogP contribution in [0.25, 0.3) is 0 Å². The van der Waals surface area contributed by atoms with E-state index in [2.05, 4.69) is 11.4 Å². The summed E-state index contributed by atoms with van der Waals surface area (Å²) in [6.45, 7) is 1.67. The molecule has 4 heteroatoms. The molecule has 3 rings (SSSR count). The van der Waals surface area contributed by atoms with Gasteiger partial charge in [0.1, 0.15) is 11.5 Å². The number of ether oxygens (including phenoxy) is 2. The smallest absolute Gasteiger partial charge is 0.223 e. The van der Waals surface area contributed by atoms with Gasteiger partial charge in [0.05, 0.1) is 19.6 Å². The third-order valence-corrected chi connectivity index (χ3v) is 3.58. The van der Waals surface area contributed by atoms with E-state index in [9.17, 15) is 4.79 Å². The summed E-state index contributed by atoms with van der Waals surface area (Å²) >= 11 is 0. The lowest BCUT2D eigenvalue weighted by molar-refractivity contribution is -0.121. The highest BCUT2D eigenvalue weighted by Crippen LogP contribution is 2.25. The van der Waals surface area contributed by atoms with E-state index in [1.165, 1.54) is 5.56 Å². The van der Waals surface area contributed by atoms with Crippen molar-refractivity contribution in [2.24, 2.45) is 0 Å². The third kappa shape index (κ3) is 3.79. The number of carbonyl (C=O) groups is 1. The fourth-order valence-electron chi connectivity index (χ4n) is 2.42. The summed E-state index contributed by atoms with van der Waals surface area (Å²) < 4.78 is 11.0. The van der Waals surface area contributed by atoms with Crippen LogP contribution in [-0.2, 0) is 17.8 Å². The minimum Gasteiger partial charge on any atom is -0.493 e. The molecule has 1 amide bonds. The van der Waals surface area contributed by atoms with Gasteiger partial charge in [-0.1, -0.05) is 30.3 Å². The van der Waals surface area contributed by atoms with E-state index in [4.69, 9.17) is 9.47 Å². The second kappa shape index (κ2) is 6.98. The fraction of sp³-hybridized carbons (Fsp3) is 0.278. The van der Waals surface area contributed by atoms with Gasteiger partial charge in [0.25, 0.3) is 0 Å². The second-order valence-corrected chi connectivity index (χ2v) is 5.23. The molecule has 1 N–H and O–H groups in total. The number of para-hydroxylation sites is 1. The molecule has 0 aliphatic carbocycles. The van der Waals surface area contributed by atoms with Crippen LogP contribution in [-0.4, -0.2) is 19.1 Å². The monoisotopic (exact) mass is 297 g/mol. The first-order chi connectivity index (χ1) is 10.8. The Bertz CT molecular complexity index is 640. The summed E-state index contributed by atoms with van der Waals surface area (Å²) in [4.78, 5) is 11.8. The van der Waals surface area contributed by atoms with Gasteiger partial charge in [-0.2, -0.15) is 0 Å². The van der Waals surface area contributed by atoms with Crippen LogP contribution in [0.15, 0.2) is 48.5 Å². The molecular weight excluding hydrogens is 278 g/mol. The predicted octanol–water partition coefficient (Wildman–Crippen LogP) is 2.71.